The van der Waals surface area contributed by atoms with Crippen molar-refractivity contribution in [2.24, 2.45) is 0 Å². The first-order chi connectivity index (χ1) is 7.69. The third kappa shape index (κ3) is 2.41. The lowest BCUT2D eigenvalue weighted by Crippen LogP contribution is -1.94. The first-order valence-corrected chi connectivity index (χ1v) is 6.12. The molecule has 0 N–H and O–H groups in total. The molecule has 0 spiro atoms. The molecule has 16 heavy (non-hydrogen) atoms. The Morgan fingerprint density at radius 2 is 1.88 bits per heavy atom. The maximum Gasteiger partial charge on any atom is 0.239 e. The zero-order valence-corrected chi connectivity index (χ0v) is 10.1. The summed E-state index contributed by atoms with van der Waals surface area (Å²) in [4.78, 5) is 8.34. The Labute approximate surface area is 96.8 Å². The topological polar surface area (TPSA) is 77.8 Å². The Morgan fingerprint density at radius 1 is 1.19 bits per heavy atom. The molecule has 0 aromatic carbocycles. The number of nitrogens with zero attached hydrogens (tertiary/aromatic N) is 4. The lowest BCUT2D eigenvalue weighted by molar-refractivity contribution is 0.373. The Hall–Kier alpha value is -1.37. The Kier molecular flexibility index (Phi) is 3.23. The van der Waals surface area contributed by atoms with Crippen molar-refractivity contribution < 1.29 is 9.05 Å². The van der Waals surface area contributed by atoms with Gasteiger partial charge in [0.25, 0.3) is 0 Å². The predicted molar refractivity (Wildman–Crippen MR) is 58.1 cm³/mol. The van der Waals surface area contributed by atoms with Crippen LogP contribution in [0.4, 0.5) is 0 Å². The molecule has 0 saturated heterocycles. The van der Waals surface area contributed by atoms with Gasteiger partial charge in [-0.05, 0) is 13.2 Å². The quantitative estimate of drug-likeness (QED) is 0.805. The van der Waals surface area contributed by atoms with Crippen LogP contribution in [0.1, 0.15) is 35.6 Å². The Bertz CT molecular complexity index is 468. The van der Waals surface area contributed by atoms with E-state index in [9.17, 15) is 0 Å². The fraction of sp³-hybridized carbons (Fsp3) is 0.556. The highest BCUT2D eigenvalue weighted by molar-refractivity contribution is 7.98. The van der Waals surface area contributed by atoms with Crippen molar-refractivity contribution in [3.05, 3.63) is 23.4 Å². The van der Waals surface area contributed by atoms with Crippen LogP contribution in [0.5, 0.6) is 0 Å². The zero-order valence-electron chi connectivity index (χ0n) is 9.30. The van der Waals surface area contributed by atoms with E-state index in [1.54, 1.807) is 18.7 Å². The number of aryl methyl sites for hydroxylation is 1. The molecule has 0 aliphatic heterocycles. The summed E-state index contributed by atoms with van der Waals surface area (Å²) < 4.78 is 9.99. The van der Waals surface area contributed by atoms with Gasteiger partial charge in [0, 0.05) is 6.92 Å². The molecule has 2 aromatic heterocycles. The molecule has 6 nitrogen and oxygen atoms in total. The minimum absolute atomic E-state index is 0.202. The molecule has 0 bridgehead atoms. The lowest BCUT2D eigenvalue weighted by Gasteiger charge is -1.98. The minimum atomic E-state index is 0.202. The van der Waals surface area contributed by atoms with E-state index in [1.807, 2.05) is 13.2 Å². The lowest BCUT2D eigenvalue weighted by atomic mass is 10.4. The minimum Gasteiger partial charge on any atom is -0.340 e. The van der Waals surface area contributed by atoms with Crippen LogP contribution in [0.15, 0.2) is 9.05 Å². The third-order valence-electron chi connectivity index (χ3n) is 2.07. The van der Waals surface area contributed by atoms with Gasteiger partial charge in [0.2, 0.25) is 11.8 Å². The second kappa shape index (κ2) is 4.65. The summed E-state index contributed by atoms with van der Waals surface area (Å²) in [6.45, 7) is 3.76. The van der Waals surface area contributed by atoms with Crippen LogP contribution >= 0.6 is 11.8 Å². The Morgan fingerprint density at radius 3 is 2.50 bits per heavy atom. The van der Waals surface area contributed by atoms with Crippen LogP contribution in [0.2, 0.25) is 0 Å². The average Bonchev–Trinajstić information content (AvgIpc) is 2.87. The average molecular weight is 240 g/mol. The van der Waals surface area contributed by atoms with E-state index in [4.69, 9.17) is 9.05 Å². The summed E-state index contributed by atoms with van der Waals surface area (Å²) in [6, 6.07) is 0. The van der Waals surface area contributed by atoms with Crippen molar-refractivity contribution in [2.45, 2.75) is 25.5 Å². The predicted octanol–water partition coefficient (Wildman–Crippen LogP) is 1.78. The Balaban J connectivity index is 2.08. The van der Waals surface area contributed by atoms with Gasteiger partial charge in [0.1, 0.15) is 0 Å². The first-order valence-electron chi connectivity index (χ1n) is 4.83. The summed E-state index contributed by atoms with van der Waals surface area (Å²) >= 11 is 1.66. The van der Waals surface area contributed by atoms with Gasteiger partial charge < -0.3 is 9.05 Å². The van der Waals surface area contributed by atoms with Crippen LogP contribution in [-0.2, 0) is 6.42 Å². The van der Waals surface area contributed by atoms with E-state index in [-0.39, 0.29) is 5.25 Å². The van der Waals surface area contributed by atoms with Crippen LogP contribution < -0.4 is 0 Å². The fourth-order valence-electron chi connectivity index (χ4n) is 1.16. The number of hydrogen-bond acceptors (Lipinski definition) is 7. The molecule has 1 atom stereocenters. The van der Waals surface area contributed by atoms with Crippen LogP contribution in [0.3, 0.4) is 0 Å². The molecular formula is C9H12N4O2S. The van der Waals surface area contributed by atoms with Gasteiger partial charge in [0.05, 0.1) is 11.7 Å². The van der Waals surface area contributed by atoms with Crippen LogP contribution in [0.25, 0.3) is 0 Å². The molecule has 86 valence electrons. The highest BCUT2D eigenvalue weighted by Crippen LogP contribution is 2.23. The van der Waals surface area contributed by atoms with Gasteiger partial charge in [-0.2, -0.15) is 21.7 Å². The van der Waals surface area contributed by atoms with E-state index >= 15 is 0 Å². The molecule has 0 amide bonds. The normalized spacial score (nSPS) is 12.9. The second-order valence-electron chi connectivity index (χ2n) is 3.33. The van der Waals surface area contributed by atoms with E-state index in [1.165, 1.54) is 0 Å². The molecule has 0 aliphatic rings. The zero-order chi connectivity index (χ0) is 11.5. The summed E-state index contributed by atoms with van der Waals surface area (Å²) in [5.41, 5.74) is 0. The van der Waals surface area contributed by atoms with Gasteiger partial charge >= 0.3 is 0 Å². The van der Waals surface area contributed by atoms with Crippen molar-refractivity contribution in [3.8, 4) is 0 Å². The molecule has 0 fully saturated rings. The molecule has 0 aliphatic carbocycles. The SMILES string of the molecule is CS[C@@H](C)c1nc(Cc2noc(C)n2)no1. The molecule has 2 heterocycles. The third-order valence-corrected chi connectivity index (χ3v) is 2.98. The van der Waals surface area contributed by atoms with Gasteiger partial charge in [-0.1, -0.05) is 10.3 Å². The smallest absolute Gasteiger partial charge is 0.239 e. The molecule has 7 heteroatoms. The van der Waals surface area contributed by atoms with Crippen LogP contribution in [-0.4, -0.2) is 26.5 Å². The molecule has 0 unspecified atom stereocenters. The van der Waals surface area contributed by atoms with Crippen molar-refractivity contribution in [3.63, 3.8) is 0 Å². The van der Waals surface area contributed by atoms with Crippen LogP contribution in [0, 0.1) is 6.92 Å². The molecule has 0 saturated carbocycles. The number of thioether (sulfide) groups is 1. The number of rotatable bonds is 4. The maximum atomic E-state index is 5.13. The van der Waals surface area contributed by atoms with Gasteiger partial charge in [-0.25, -0.2) is 0 Å². The van der Waals surface area contributed by atoms with Gasteiger partial charge in [-0.3, -0.25) is 0 Å². The van der Waals surface area contributed by atoms with Crippen molar-refractivity contribution in [2.75, 3.05) is 6.26 Å². The van der Waals surface area contributed by atoms with E-state index in [0.29, 0.717) is 29.9 Å². The number of hydrogen-bond donors (Lipinski definition) is 0. The largest absolute Gasteiger partial charge is 0.340 e. The summed E-state index contributed by atoms with van der Waals surface area (Å²) in [5, 5.41) is 7.84. The maximum absolute atomic E-state index is 5.13. The molecule has 2 aromatic rings. The second-order valence-corrected chi connectivity index (χ2v) is 4.51. The summed E-state index contributed by atoms with van der Waals surface area (Å²) in [7, 11) is 0. The monoisotopic (exact) mass is 240 g/mol. The molecule has 0 radical (unpaired) electrons. The van der Waals surface area contributed by atoms with Gasteiger partial charge in [0.15, 0.2) is 11.6 Å². The standard InChI is InChI=1S/C9H12N4O2S/c1-5(16-3)9-11-8(13-15-9)4-7-10-6(2)14-12-7/h5H,4H2,1-3H3/t5-/m0/s1. The molecule has 2 rings (SSSR count). The summed E-state index contributed by atoms with van der Waals surface area (Å²) in [6.07, 6.45) is 2.43. The summed E-state index contributed by atoms with van der Waals surface area (Å²) in [5.74, 6) is 2.32. The van der Waals surface area contributed by atoms with Crippen molar-refractivity contribution in [1.82, 2.24) is 20.3 Å². The number of aromatic nitrogens is 4. The first kappa shape index (κ1) is 11.1. The molecular weight excluding hydrogens is 228 g/mol. The van der Waals surface area contributed by atoms with Gasteiger partial charge in [-0.15, -0.1) is 0 Å². The highest BCUT2D eigenvalue weighted by Gasteiger charge is 2.14. The van der Waals surface area contributed by atoms with E-state index in [2.05, 4.69) is 20.3 Å². The fourth-order valence-corrected chi connectivity index (χ4v) is 1.46. The van der Waals surface area contributed by atoms with E-state index < -0.39 is 0 Å². The van der Waals surface area contributed by atoms with E-state index in [0.717, 1.165) is 0 Å². The van der Waals surface area contributed by atoms with Crippen molar-refractivity contribution in [1.29, 1.82) is 0 Å². The highest BCUT2D eigenvalue weighted by atomic mass is 32.2. The van der Waals surface area contributed by atoms with Crippen molar-refractivity contribution >= 4 is 11.8 Å².